The molecule has 0 unspecified atom stereocenters. The monoisotopic (exact) mass is 480 g/mol. The Morgan fingerprint density at radius 2 is 1.94 bits per heavy atom. The summed E-state index contributed by atoms with van der Waals surface area (Å²) in [7, 11) is 3.89. The quantitative estimate of drug-likeness (QED) is 0.366. The lowest BCUT2D eigenvalue weighted by Gasteiger charge is -2.10. The molecule has 2 heterocycles. The number of thioether (sulfide) groups is 1. The normalized spacial score (nSPS) is 11.4. The van der Waals surface area contributed by atoms with Crippen LogP contribution in [0.15, 0.2) is 56.8 Å². The van der Waals surface area contributed by atoms with Crippen LogP contribution in [0.25, 0.3) is 22.5 Å². The number of benzene rings is 2. The van der Waals surface area contributed by atoms with Crippen molar-refractivity contribution in [2.75, 3.05) is 31.7 Å². The van der Waals surface area contributed by atoms with Gasteiger partial charge in [-0.05, 0) is 51.7 Å². The van der Waals surface area contributed by atoms with Crippen molar-refractivity contribution in [3.8, 4) is 11.4 Å². The van der Waals surface area contributed by atoms with Crippen molar-refractivity contribution in [2.45, 2.75) is 32.1 Å². The number of carbonyl (C=O) groups excluding carboxylic acids is 1. The fourth-order valence-electron chi connectivity index (χ4n) is 3.68. The summed E-state index contributed by atoms with van der Waals surface area (Å²) in [4.78, 5) is 26.9. The number of amides is 1. The summed E-state index contributed by atoms with van der Waals surface area (Å²) in [6.07, 6.45) is 0. The van der Waals surface area contributed by atoms with Crippen LogP contribution in [-0.2, 0) is 17.9 Å². The molecule has 9 nitrogen and oxygen atoms in total. The number of anilines is 1. The van der Waals surface area contributed by atoms with E-state index in [0.717, 1.165) is 17.0 Å². The van der Waals surface area contributed by atoms with Crippen LogP contribution in [0.3, 0.4) is 0 Å². The van der Waals surface area contributed by atoms with E-state index in [2.05, 4.69) is 15.5 Å². The molecular weight excluding hydrogens is 452 g/mol. The van der Waals surface area contributed by atoms with Gasteiger partial charge in [-0.15, -0.1) is 10.2 Å². The zero-order valence-electron chi connectivity index (χ0n) is 19.7. The first-order chi connectivity index (χ1) is 16.4. The van der Waals surface area contributed by atoms with E-state index in [4.69, 9.17) is 4.42 Å². The lowest BCUT2D eigenvalue weighted by atomic mass is 10.1. The summed E-state index contributed by atoms with van der Waals surface area (Å²) < 4.78 is 8.92. The molecule has 0 aliphatic heterocycles. The number of oxazole rings is 1. The fraction of sp³-hybridized carbons (Fsp3) is 0.333. The lowest BCUT2D eigenvalue weighted by Crippen LogP contribution is -2.23. The Bertz CT molecular complexity index is 1370. The van der Waals surface area contributed by atoms with E-state index >= 15 is 0 Å². The highest BCUT2D eigenvalue weighted by atomic mass is 32.2. The number of carbonyl (C=O) groups is 1. The van der Waals surface area contributed by atoms with Crippen LogP contribution in [0.4, 0.5) is 5.69 Å². The molecule has 0 bridgehead atoms. The second kappa shape index (κ2) is 10.3. The molecule has 0 fully saturated rings. The zero-order chi connectivity index (χ0) is 24.2. The third kappa shape index (κ3) is 5.07. The Morgan fingerprint density at radius 3 is 2.68 bits per heavy atom. The van der Waals surface area contributed by atoms with Crippen molar-refractivity contribution in [1.29, 1.82) is 0 Å². The van der Waals surface area contributed by atoms with Gasteiger partial charge in [-0.2, -0.15) is 0 Å². The van der Waals surface area contributed by atoms with Gasteiger partial charge in [0.1, 0.15) is 0 Å². The highest BCUT2D eigenvalue weighted by Gasteiger charge is 2.16. The number of rotatable bonds is 9. The lowest BCUT2D eigenvalue weighted by molar-refractivity contribution is -0.113. The molecule has 0 aliphatic rings. The maximum absolute atomic E-state index is 12.7. The predicted octanol–water partition coefficient (Wildman–Crippen LogP) is 3.47. The molecule has 0 saturated carbocycles. The predicted molar refractivity (Wildman–Crippen MR) is 134 cm³/mol. The van der Waals surface area contributed by atoms with Crippen LogP contribution in [0.1, 0.15) is 12.5 Å². The Morgan fingerprint density at radius 1 is 1.15 bits per heavy atom. The molecule has 2 aromatic heterocycles. The van der Waals surface area contributed by atoms with E-state index in [1.165, 1.54) is 11.8 Å². The van der Waals surface area contributed by atoms with Gasteiger partial charge in [-0.25, -0.2) is 4.79 Å². The van der Waals surface area contributed by atoms with E-state index in [0.29, 0.717) is 41.6 Å². The molecule has 1 N–H and O–H groups in total. The van der Waals surface area contributed by atoms with E-state index < -0.39 is 5.76 Å². The van der Waals surface area contributed by atoms with Crippen molar-refractivity contribution < 1.29 is 9.21 Å². The van der Waals surface area contributed by atoms with Crippen LogP contribution in [-0.4, -0.2) is 56.5 Å². The maximum atomic E-state index is 12.7. The summed E-state index contributed by atoms with van der Waals surface area (Å²) in [5, 5.41) is 12.3. The minimum atomic E-state index is -0.403. The molecule has 0 aliphatic carbocycles. The number of hydrogen-bond acceptors (Lipinski definition) is 7. The standard InChI is InChI=1S/C24H28N6O3S/c1-5-29-22(18-9-7-6-8-16(18)2)26-27-23(29)34-15-21(31)25-17-10-11-20-19(14-17)30(24(32)33-20)13-12-28(3)4/h6-11,14H,5,12-13,15H2,1-4H3,(H,25,31). The number of aromatic nitrogens is 4. The Balaban J connectivity index is 1.46. The van der Waals surface area contributed by atoms with E-state index in [1.807, 2.05) is 61.7 Å². The topological polar surface area (TPSA) is 98.2 Å². The molecule has 2 aromatic carbocycles. The van der Waals surface area contributed by atoms with E-state index in [9.17, 15) is 9.59 Å². The number of nitrogens with one attached hydrogen (secondary N) is 1. The Labute approximate surface area is 201 Å². The molecule has 0 saturated heterocycles. The summed E-state index contributed by atoms with van der Waals surface area (Å²) in [5.74, 6) is 0.407. The summed E-state index contributed by atoms with van der Waals surface area (Å²) in [5.41, 5.74) is 3.91. The average molecular weight is 481 g/mol. The van der Waals surface area contributed by atoms with Crippen molar-refractivity contribution in [3.63, 3.8) is 0 Å². The minimum absolute atomic E-state index is 0.168. The number of fused-ring (bicyclic) bond motifs is 1. The third-order valence-corrected chi connectivity index (χ3v) is 6.44. The molecule has 178 valence electrons. The number of aryl methyl sites for hydroxylation is 1. The Hall–Kier alpha value is -3.37. The van der Waals surface area contributed by atoms with Gasteiger partial charge in [0.15, 0.2) is 16.6 Å². The minimum Gasteiger partial charge on any atom is -0.408 e. The molecule has 0 atom stereocenters. The van der Waals surface area contributed by atoms with Crippen LogP contribution >= 0.6 is 11.8 Å². The van der Waals surface area contributed by atoms with Gasteiger partial charge in [0.05, 0.1) is 11.3 Å². The SMILES string of the molecule is CCn1c(SCC(=O)Nc2ccc3oc(=O)n(CCN(C)C)c3c2)nnc1-c1ccccc1C. The van der Waals surface area contributed by atoms with Gasteiger partial charge in [-0.1, -0.05) is 36.0 Å². The molecule has 34 heavy (non-hydrogen) atoms. The van der Waals surface area contributed by atoms with E-state index in [-0.39, 0.29) is 11.7 Å². The largest absolute Gasteiger partial charge is 0.419 e. The van der Waals surface area contributed by atoms with Gasteiger partial charge in [0.2, 0.25) is 5.91 Å². The first-order valence-electron chi connectivity index (χ1n) is 11.1. The molecule has 0 spiro atoms. The highest BCUT2D eigenvalue weighted by molar-refractivity contribution is 7.99. The first-order valence-corrected chi connectivity index (χ1v) is 12.1. The smallest absolute Gasteiger partial charge is 0.408 e. The van der Waals surface area contributed by atoms with Crippen molar-refractivity contribution in [2.24, 2.45) is 0 Å². The van der Waals surface area contributed by atoms with Crippen molar-refractivity contribution in [1.82, 2.24) is 24.2 Å². The van der Waals surface area contributed by atoms with Gasteiger partial charge in [0.25, 0.3) is 0 Å². The Kier molecular flexibility index (Phi) is 7.18. The summed E-state index contributed by atoms with van der Waals surface area (Å²) in [6, 6.07) is 13.2. The van der Waals surface area contributed by atoms with Gasteiger partial charge in [0, 0.05) is 30.9 Å². The fourth-order valence-corrected chi connectivity index (χ4v) is 4.48. The maximum Gasteiger partial charge on any atom is 0.419 e. The summed E-state index contributed by atoms with van der Waals surface area (Å²) in [6.45, 7) is 5.97. The van der Waals surface area contributed by atoms with Crippen LogP contribution in [0.2, 0.25) is 0 Å². The highest BCUT2D eigenvalue weighted by Crippen LogP contribution is 2.26. The number of likely N-dealkylation sites (N-methyl/N-ethyl adjacent to an activating group) is 1. The summed E-state index contributed by atoms with van der Waals surface area (Å²) >= 11 is 1.34. The van der Waals surface area contributed by atoms with Gasteiger partial charge < -0.3 is 19.2 Å². The van der Waals surface area contributed by atoms with Crippen LogP contribution in [0.5, 0.6) is 0 Å². The van der Waals surface area contributed by atoms with Gasteiger partial charge in [-0.3, -0.25) is 9.36 Å². The van der Waals surface area contributed by atoms with Crippen molar-refractivity contribution >= 4 is 34.5 Å². The second-order valence-electron chi connectivity index (χ2n) is 8.21. The molecule has 0 radical (unpaired) electrons. The molecule has 1 amide bonds. The second-order valence-corrected chi connectivity index (χ2v) is 9.15. The molecule has 10 heteroatoms. The molecular formula is C24H28N6O3S. The average Bonchev–Trinajstić information content (AvgIpc) is 3.36. The van der Waals surface area contributed by atoms with Crippen LogP contribution < -0.4 is 11.1 Å². The molecule has 4 rings (SSSR count). The van der Waals surface area contributed by atoms with Crippen molar-refractivity contribution in [3.05, 3.63) is 58.6 Å². The van der Waals surface area contributed by atoms with Crippen LogP contribution in [0, 0.1) is 6.92 Å². The number of hydrogen-bond donors (Lipinski definition) is 1. The zero-order valence-corrected chi connectivity index (χ0v) is 20.6. The van der Waals surface area contributed by atoms with E-state index in [1.54, 1.807) is 22.8 Å². The third-order valence-electron chi connectivity index (χ3n) is 5.47. The molecule has 4 aromatic rings. The first kappa shape index (κ1) is 23.8. The number of nitrogens with zero attached hydrogens (tertiary/aromatic N) is 5. The van der Waals surface area contributed by atoms with Gasteiger partial charge >= 0.3 is 5.76 Å².